The summed E-state index contributed by atoms with van der Waals surface area (Å²) in [5.41, 5.74) is 2.29. The Morgan fingerprint density at radius 3 is 2.28 bits per heavy atom. The molecule has 0 amide bonds. The van der Waals surface area contributed by atoms with Crippen LogP contribution in [-0.4, -0.2) is 58.9 Å². The normalized spacial score (nSPS) is 14.9. The van der Waals surface area contributed by atoms with Crippen molar-refractivity contribution in [1.82, 2.24) is 15.5 Å². The van der Waals surface area contributed by atoms with Gasteiger partial charge in [-0.05, 0) is 49.7 Å². The van der Waals surface area contributed by atoms with Gasteiger partial charge < -0.3 is 24.8 Å². The van der Waals surface area contributed by atoms with Crippen molar-refractivity contribution >= 4 is 29.9 Å². The topological polar surface area (TPSA) is 67.4 Å². The number of ether oxygens (including phenoxy) is 3. The second kappa shape index (κ2) is 13.4. The van der Waals surface area contributed by atoms with Crippen LogP contribution in [0.15, 0.2) is 47.5 Å². The molecule has 8 heteroatoms. The minimum atomic E-state index is 0. The van der Waals surface area contributed by atoms with Gasteiger partial charge in [0.05, 0.1) is 27.4 Å². The zero-order valence-corrected chi connectivity index (χ0v) is 21.7. The highest BCUT2D eigenvalue weighted by Gasteiger charge is 2.26. The van der Waals surface area contributed by atoms with Crippen LogP contribution < -0.4 is 24.8 Å². The van der Waals surface area contributed by atoms with E-state index in [2.05, 4.69) is 32.7 Å². The second-order valence-corrected chi connectivity index (χ2v) is 7.50. The molecule has 1 heterocycles. The van der Waals surface area contributed by atoms with Crippen LogP contribution in [0.2, 0.25) is 0 Å². The first-order valence-electron chi connectivity index (χ1n) is 10.7. The van der Waals surface area contributed by atoms with E-state index in [1.54, 1.807) is 28.4 Å². The molecule has 0 radical (unpaired) electrons. The Labute approximate surface area is 208 Å². The Morgan fingerprint density at radius 1 is 0.938 bits per heavy atom. The van der Waals surface area contributed by atoms with Crippen LogP contribution in [0.25, 0.3) is 0 Å². The number of rotatable bonds is 9. The molecule has 1 unspecified atom stereocenters. The molecule has 2 aromatic rings. The molecule has 1 saturated heterocycles. The van der Waals surface area contributed by atoms with Gasteiger partial charge in [-0.2, -0.15) is 0 Å². The first-order chi connectivity index (χ1) is 15.2. The molecule has 1 fully saturated rings. The summed E-state index contributed by atoms with van der Waals surface area (Å²) < 4.78 is 16.4. The predicted octanol–water partition coefficient (Wildman–Crippen LogP) is 3.83. The zero-order valence-electron chi connectivity index (χ0n) is 19.4. The molecule has 32 heavy (non-hydrogen) atoms. The third-order valence-electron chi connectivity index (χ3n) is 5.67. The van der Waals surface area contributed by atoms with Crippen LogP contribution >= 0.6 is 24.0 Å². The summed E-state index contributed by atoms with van der Waals surface area (Å²) in [4.78, 5) is 6.92. The highest BCUT2D eigenvalue weighted by molar-refractivity contribution is 14.0. The molecular formula is C24H35IN4O3. The monoisotopic (exact) mass is 554 g/mol. The largest absolute Gasteiger partial charge is 0.496 e. The van der Waals surface area contributed by atoms with Crippen molar-refractivity contribution in [2.45, 2.75) is 25.4 Å². The van der Waals surface area contributed by atoms with Gasteiger partial charge in [0.2, 0.25) is 0 Å². The number of nitrogens with one attached hydrogen (secondary N) is 2. The van der Waals surface area contributed by atoms with Gasteiger partial charge in [-0.15, -0.1) is 24.0 Å². The summed E-state index contributed by atoms with van der Waals surface area (Å²) in [7, 11) is 6.81. The molecule has 2 N–H and O–H groups in total. The van der Waals surface area contributed by atoms with E-state index in [-0.39, 0.29) is 30.0 Å². The van der Waals surface area contributed by atoms with Gasteiger partial charge >= 0.3 is 0 Å². The van der Waals surface area contributed by atoms with E-state index in [1.165, 1.54) is 18.4 Å². The standard InChI is InChI=1S/C24H34N4O3.HI/c1-25-24(26-16-18-11-12-22(30-3)23(15-18)31-4)27-17-20(28-13-7-8-14-28)19-9-5-6-10-21(19)29-2;/h5-6,9-12,15,20H,7-8,13-14,16-17H2,1-4H3,(H2,25,26,27);1H. The molecule has 0 saturated carbocycles. The first-order valence-corrected chi connectivity index (χ1v) is 10.7. The maximum atomic E-state index is 5.64. The van der Waals surface area contributed by atoms with Crippen LogP contribution in [0.4, 0.5) is 0 Å². The minimum absolute atomic E-state index is 0. The number of halogens is 1. The lowest BCUT2D eigenvalue weighted by atomic mass is 10.0. The molecule has 176 valence electrons. The molecule has 0 bridgehead atoms. The molecular weight excluding hydrogens is 519 g/mol. The number of methoxy groups -OCH3 is 3. The van der Waals surface area contributed by atoms with E-state index in [1.807, 2.05) is 30.3 Å². The molecule has 1 atom stereocenters. The highest BCUT2D eigenvalue weighted by Crippen LogP contribution is 2.31. The maximum absolute atomic E-state index is 5.64. The molecule has 1 aliphatic rings. The number of hydrogen-bond donors (Lipinski definition) is 2. The SMILES string of the molecule is CN=C(NCc1ccc(OC)c(OC)c1)NCC(c1ccccc1OC)N1CCCC1.I. The number of guanidine groups is 1. The molecule has 0 aliphatic carbocycles. The van der Waals surface area contributed by atoms with E-state index < -0.39 is 0 Å². The Morgan fingerprint density at radius 2 is 1.62 bits per heavy atom. The Balaban J connectivity index is 0.00000363. The fraction of sp³-hybridized carbons (Fsp3) is 0.458. The van der Waals surface area contributed by atoms with Crippen LogP contribution in [0.1, 0.15) is 30.0 Å². The molecule has 0 spiro atoms. The van der Waals surface area contributed by atoms with Crippen molar-refractivity contribution in [3.63, 3.8) is 0 Å². The van der Waals surface area contributed by atoms with E-state index in [0.717, 1.165) is 48.4 Å². The van der Waals surface area contributed by atoms with Gasteiger partial charge in [-0.3, -0.25) is 9.89 Å². The quantitative estimate of drug-likeness (QED) is 0.279. The van der Waals surface area contributed by atoms with Gasteiger partial charge in [-0.1, -0.05) is 24.3 Å². The van der Waals surface area contributed by atoms with Gasteiger partial charge in [0.15, 0.2) is 17.5 Å². The lowest BCUT2D eigenvalue weighted by Crippen LogP contribution is -2.42. The van der Waals surface area contributed by atoms with E-state index in [4.69, 9.17) is 14.2 Å². The Bertz CT molecular complexity index is 872. The van der Waals surface area contributed by atoms with Gasteiger partial charge in [0.25, 0.3) is 0 Å². The second-order valence-electron chi connectivity index (χ2n) is 7.50. The van der Waals surface area contributed by atoms with Crippen molar-refractivity contribution < 1.29 is 14.2 Å². The first kappa shape index (κ1) is 26.1. The van der Waals surface area contributed by atoms with E-state index >= 15 is 0 Å². The van der Waals surface area contributed by atoms with Crippen LogP contribution in [0.3, 0.4) is 0 Å². The number of aliphatic imine (C=N–C) groups is 1. The lowest BCUT2D eigenvalue weighted by molar-refractivity contribution is 0.239. The minimum Gasteiger partial charge on any atom is -0.496 e. The summed E-state index contributed by atoms with van der Waals surface area (Å²) in [6, 6.07) is 14.4. The highest BCUT2D eigenvalue weighted by atomic mass is 127. The molecule has 1 aliphatic heterocycles. The third-order valence-corrected chi connectivity index (χ3v) is 5.67. The van der Waals surface area contributed by atoms with Crippen molar-refractivity contribution in [3.05, 3.63) is 53.6 Å². The van der Waals surface area contributed by atoms with Gasteiger partial charge in [0.1, 0.15) is 5.75 Å². The van der Waals surface area contributed by atoms with Crippen LogP contribution in [0, 0.1) is 0 Å². The molecule has 3 rings (SSSR count). The molecule has 7 nitrogen and oxygen atoms in total. The average molecular weight is 554 g/mol. The Hall–Kier alpha value is -2.20. The number of hydrogen-bond acceptors (Lipinski definition) is 5. The number of benzene rings is 2. The smallest absolute Gasteiger partial charge is 0.191 e. The Kier molecular flexibility index (Phi) is 10.9. The van der Waals surface area contributed by atoms with Gasteiger partial charge in [-0.25, -0.2) is 0 Å². The van der Waals surface area contributed by atoms with Crippen molar-refractivity contribution in [1.29, 1.82) is 0 Å². The lowest BCUT2D eigenvalue weighted by Gasteiger charge is -2.30. The van der Waals surface area contributed by atoms with Crippen molar-refractivity contribution in [2.24, 2.45) is 4.99 Å². The number of nitrogens with zero attached hydrogens (tertiary/aromatic N) is 2. The summed E-state index contributed by atoms with van der Waals surface area (Å²) in [5, 5.41) is 6.90. The van der Waals surface area contributed by atoms with Crippen LogP contribution in [0.5, 0.6) is 17.2 Å². The van der Waals surface area contributed by atoms with Crippen molar-refractivity contribution in [2.75, 3.05) is 48.0 Å². The fourth-order valence-electron chi connectivity index (χ4n) is 4.02. The van der Waals surface area contributed by atoms with E-state index in [9.17, 15) is 0 Å². The molecule has 2 aromatic carbocycles. The summed E-state index contributed by atoms with van der Waals surface area (Å²) in [5.74, 6) is 3.12. The zero-order chi connectivity index (χ0) is 22.1. The number of para-hydroxylation sites is 1. The third kappa shape index (κ3) is 6.65. The van der Waals surface area contributed by atoms with E-state index in [0.29, 0.717) is 6.54 Å². The van der Waals surface area contributed by atoms with Crippen molar-refractivity contribution in [3.8, 4) is 17.2 Å². The summed E-state index contributed by atoms with van der Waals surface area (Å²) in [6.45, 7) is 3.57. The van der Waals surface area contributed by atoms with Gasteiger partial charge in [0, 0.05) is 25.7 Å². The average Bonchev–Trinajstić information content (AvgIpc) is 3.35. The predicted molar refractivity (Wildman–Crippen MR) is 140 cm³/mol. The number of likely N-dealkylation sites (tertiary alicyclic amines) is 1. The summed E-state index contributed by atoms with van der Waals surface area (Å²) >= 11 is 0. The van der Waals surface area contributed by atoms with Crippen LogP contribution in [-0.2, 0) is 6.54 Å². The maximum Gasteiger partial charge on any atom is 0.191 e. The molecule has 0 aromatic heterocycles. The summed E-state index contributed by atoms with van der Waals surface area (Å²) in [6.07, 6.45) is 2.47. The fourth-order valence-corrected chi connectivity index (χ4v) is 4.02.